The molecule has 2 rings (SSSR count). The minimum atomic E-state index is -0.546. The molecule has 7 heteroatoms. The number of rotatable bonds is 5. The zero-order valence-corrected chi connectivity index (χ0v) is 13.7. The summed E-state index contributed by atoms with van der Waals surface area (Å²) < 4.78 is 4.90. The summed E-state index contributed by atoms with van der Waals surface area (Å²) in [6.45, 7) is 2.37. The van der Waals surface area contributed by atoms with Crippen molar-refractivity contribution in [1.82, 2.24) is 10.2 Å². The van der Waals surface area contributed by atoms with Gasteiger partial charge in [-0.1, -0.05) is 12.8 Å². The van der Waals surface area contributed by atoms with E-state index in [-0.39, 0.29) is 43.4 Å². The second kappa shape index (κ2) is 9.79. The molecule has 1 aliphatic carbocycles. The van der Waals surface area contributed by atoms with Crippen molar-refractivity contribution in [2.45, 2.75) is 50.2 Å². The van der Waals surface area contributed by atoms with Gasteiger partial charge in [-0.05, 0) is 19.3 Å². The Balaban J connectivity index is 0.00000180. The average molecular weight is 328 g/mol. The first-order valence-electron chi connectivity index (χ1n) is 6.99. The summed E-state index contributed by atoms with van der Waals surface area (Å²) in [6, 6.07) is 0.469. The summed E-state index contributed by atoms with van der Waals surface area (Å²) in [6.07, 6.45) is 6.41. The number of carbonyl (C=O) groups excluding carboxylic acids is 1. The van der Waals surface area contributed by atoms with E-state index < -0.39 is 6.04 Å². The fourth-order valence-corrected chi connectivity index (χ4v) is 3.07. The van der Waals surface area contributed by atoms with E-state index >= 15 is 0 Å². The van der Waals surface area contributed by atoms with Crippen LogP contribution in [-0.2, 0) is 9.53 Å². The number of ether oxygens (including phenoxy) is 1. The molecule has 0 radical (unpaired) electrons. The van der Waals surface area contributed by atoms with Crippen molar-refractivity contribution < 1.29 is 9.53 Å². The van der Waals surface area contributed by atoms with E-state index in [4.69, 9.17) is 10.5 Å². The normalized spacial score (nSPS) is 24.8. The van der Waals surface area contributed by atoms with Crippen LogP contribution in [0.5, 0.6) is 0 Å². The molecule has 0 aromatic heterocycles. The Hall–Kier alpha value is -0.0700. The van der Waals surface area contributed by atoms with Crippen molar-refractivity contribution >= 4 is 30.7 Å². The predicted octanol–water partition coefficient (Wildman–Crippen LogP) is 0.937. The quantitative estimate of drug-likeness (QED) is 0.788. The molecule has 1 heterocycles. The molecular formula is C13H27Cl2N3O2. The first-order chi connectivity index (χ1) is 8.70. The van der Waals surface area contributed by atoms with Gasteiger partial charge in [0.15, 0.2) is 0 Å². The molecule has 1 amide bonds. The Kier molecular flexibility index (Phi) is 9.76. The van der Waals surface area contributed by atoms with Gasteiger partial charge in [-0.2, -0.15) is 0 Å². The highest BCUT2D eigenvalue weighted by Gasteiger charge is 2.31. The molecule has 2 atom stereocenters. The number of carbonyl (C=O) groups is 1. The van der Waals surface area contributed by atoms with Gasteiger partial charge in [-0.3, -0.25) is 9.69 Å². The van der Waals surface area contributed by atoms with Crippen LogP contribution in [0.4, 0.5) is 0 Å². The van der Waals surface area contributed by atoms with E-state index in [1.54, 1.807) is 7.11 Å². The number of halogens is 2. The standard InChI is InChI=1S/C13H25N3O2.2ClH/c1-18-9-12(14)13(17)15-10-6-7-16(8-10)11-4-2-3-5-11;;/h10-12H,2-9,14H2,1H3,(H,15,17);2*1H. The molecule has 2 fully saturated rings. The molecule has 3 N–H and O–H groups in total. The van der Waals surface area contributed by atoms with Crippen LogP contribution < -0.4 is 11.1 Å². The van der Waals surface area contributed by atoms with Crippen molar-refractivity contribution in [1.29, 1.82) is 0 Å². The van der Waals surface area contributed by atoms with Gasteiger partial charge >= 0.3 is 0 Å². The van der Waals surface area contributed by atoms with Crippen molar-refractivity contribution in [2.75, 3.05) is 26.8 Å². The first-order valence-corrected chi connectivity index (χ1v) is 6.99. The number of hydrogen-bond acceptors (Lipinski definition) is 4. The third kappa shape index (κ3) is 5.37. The van der Waals surface area contributed by atoms with Gasteiger partial charge in [0, 0.05) is 32.3 Å². The molecule has 2 aliphatic rings. The Morgan fingerprint density at radius 1 is 1.35 bits per heavy atom. The highest BCUT2D eigenvalue weighted by molar-refractivity contribution is 5.85. The zero-order chi connectivity index (χ0) is 13.0. The Morgan fingerprint density at radius 2 is 2.00 bits per heavy atom. The largest absolute Gasteiger partial charge is 0.383 e. The third-order valence-electron chi connectivity index (χ3n) is 4.09. The molecule has 5 nitrogen and oxygen atoms in total. The Labute approximate surface area is 133 Å². The molecule has 1 saturated carbocycles. The lowest BCUT2D eigenvalue weighted by Gasteiger charge is -2.23. The number of hydrogen-bond donors (Lipinski definition) is 2. The van der Waals surface area contributed by atoms with Crippen LogP contribution in [0.25, 0.3) is 0 Å². The van der Waals surface area contributed by atoms with E-state index in [1.807, 2.05) is 0 Å². The van der Waals surface area contributed by atoms with E-state index in [1.165, 1.54) is 25.7 Å². The summed E-state index contributed by atoms with van der Waals surface area (Å²) in [4.78, 5) is 14.3. The summed E-state index contributed by atoms with van der Waals surface area (Å²) in [5.74, 6) is -0.0879. The molecule has 0 aromatic rings. The maximum absolute atomic E-state index is 11.8. The molecule has 2 unspecified atom stereocenters. The van der Waals surface area contributed by atoms with Crippen LogP contribution in [-0.4, -0.2) is 55.7 Å². The lowest BCUT2D eigenvalue weighted by atomic mass is 10.2. The van der Waals surface area contributed by atoms with Crippen molar-refractivity contribution in [2.24, 2.45) is 5.73 Å². The molecule has 1 saturated heterocycles. The first kappa shape index (κ1) is 19.9. The zero-order valence-electron chi connectivity index (χ0n) is 12.0. The topological polar surface area (TPSA) is 67.6 Å². The van der Waals surface area contributed by atoms with Gasteiger partial charge in [-0.15, -0.1) is 24.8 Å². The highest BCUT2D eigenvalue weighted by Crippen LogP contribution is 2.26. The number of methoxy groups -OCH3 is 1. The Morgan fingerprint density at radius 3 is 2.60 bits per heavy atom. The fraction of sp³-hybridized carbons (Fsp3) is 0.923. The van der Waals surface area contributed by atoms with Gasteiger partial charge in [0.2, 0.25) is 5.91 Å². The van der Waals surface area contributed by atoms with Crippen LogP contribution in [0.3, 0.4) is 0 Å². The number of nitrogens with zero attached hydrogens (tertiary/aromatic N) is 1. The molecule has 1 aliphatic heterocycles. The minimum Gasteiger partial charge on any atom is -0.383 e. The summed E-state index contributed by atoms with van der Waals surface area (Å²) in [5.41, 5.74) is 5.71. The maximum atomic E-state index is 11.8. The van der Waals surface area contributed by atoms with Gasteiger partial charge in [0.05, 0.1) is 6.61 Å². The second-order valence-electron chi connectivity index (χ2n) is 5.49. The minimum absolute atomic E-state index is 0. The van der Waals surface area contributed by atoms with Crippen LogP contribution in [0.1, 0.15) is 32.1 Å². The lowest BCUT2D eigenvalue weighted by Crippen LogP contribution is -2.48. The van der Waals surface area contributed by atoms with Crippen LogP contribution in [0.2, 0.25) is 0 Å². The van der Waals surface area contributed by atoms with Gasteiger partial charge in [-0.25, -0.2) is 0 Å². The SMILES string of the molecule is COCC(N)C(=O)NC1CCN(C2CCCC2)C1.Cl.Cl. The molecule has 20 heavy (non-hydrogen) atoms. The van der Waals surface area contributed by atoms with Crippen molar-refractivity contribution in [3.05, 3.63) is 0 Å². The number of nitrogens with two attached hydrogens (primary N) is 1. The van der Waals surface area contributed by atoms with Crippen LogP contribution in [0.15, 0.2) is 0 Å². The predicted molar refractivity (Wildman–Crippen MR) is 84.7 cm³/mol. The highest BCUT2D eigenvalue weighted by atomic mass is 35.5. The van der Waals surface area contributed by atoms with Gasteiger partial charge in [0.1, 0.15) is 6.04 Å². The molecule has 0 aromatic carbocycles. The summed E-state index contributed by atoms with van der Waals surface area (Å²) >= 11 is 0. The third-order valence-corrected chi connectivity index (χ3v) is 4.09. The van der Waals surface area contributed by atoms with Gasteiger partial charge < -0.3 is 15.8 Å². The molecule has 0 bridgehead atoms. The number of likely N-dealkylation sites (tertiary alicyclic amines) is 1. The summed E-state index contributed by atoms with van der Waals surface area (Å²) in [7, 11) is 1.56. The van der Waals surface area contributed by atoms with Crippen molar-refractivity contribution in [3.8, 4) is 0 Å². The van der Waals surface area contributed by atoms with Gasteiger partial charge in [0.25, 0.3) is 0 Å². The van der Waals surface area contributed by atoms with E-state index in [0.717, 1.165) is 25.6 Å². The number of amides is 1. The average Bonchev–Trinajstić information content (AvgIpc) is 2.98. The smallest absolute Gasteiger partial charge is 0.239 e. The molecule has 0 spiro atoms. The molecule has 120 valence electrons. The maximum Gasteiger partial charge on any atom is 0.239 e. The fourth-order valence-electron chi connectivity index (χ4n) is 3.07. The number of nitrogens with one attached hydrogen (secondary N) is 1. The van der Waals surface area contributed by atoms with E-state index in [9.17, 15) is 4.79 Å². The lowest BCUT2D eigenvalue weighted by molar-refractivity contribution is -0.124. The van der Waals surface area contributed by atoms with Crippen LogP contribution >= 0.6 is 24.8 Å². The van der Waals surface area contributed by atoms with E-state index in [2.05, 4.69) is 10.2 Å². The monoisotopic (exact) mass is 327 g/mol. The molecular weight excluding hydrogens is 301 g/mol. The van der Waals surface area contributed by atoms with Crippen LogP contribution in [0, 0.1) is 0 Å². The second-order valence-corrected chi connectivity index (χ2v) is 5.49. The van der Waals surface area contributed by atoms with Crippen molar-refractivity contribution in [3.63, 3.8) is 0 Å². The Bertz CT molecular complexity index is 289. The summed E-state index contributed by atoms with van der Waals surface area (Å²) in [5, 5.41) is 3.03. The van der Waals surface area contributed by atoms with E-state index in [0.29, 0.717) is 0 Å².